The van der Waals surface area contributed by atoms with Crippen LogP contribution in [0.2, 0.25) is 0 Å². The summed E-state index contributed by atoms with van der Waals surface area (Å²) in [5, 5.41) is 9.62. The van der Waals surface area contributed by atoms with Crippen molar-refractivity contribution in [2.75, 3.05) is 6.61 Å². The van der Waals surface area contributed by atoms with Crippen LogP contribution in [-0.4, -0.2) is 47.4 Å². The van der Waals surface area contributed by atoms with E-state index in [0.29, 0.717) is 0 Å². The number of Topliss-reactive ketones (excluding diaryl/α,β-unsaturated/α-hetero) is 2. The minimum atomic E-state index is -1.36. The highest BCUT2D eigenvalue weighted by Crippen LogP contribution is 2.08. The molecule has 0 unspecified atom stereocenters. The van der Waals surface area contributed by atoms with Crippen LogP contribution in [0.3, 0.4) is 0 Å². The number of esters is 2. The van der Waals surface area contributed by atoms with Crippen LogP contribution in [0.15, 0.2) is 0 Å². The lowest BCUT2D eigenvalue weighted by atomic mass is 10.1. The van der Waals surface area contributed by atoms with E-state index in [-0.39, 0.29) is 0 Å². The van der Waals surface area contributed by atoms with Gasteiger partial charge in [0.15, 0.2) is 5.78 Å². The molecule has 18 heavy (non-hydrogen) atoms. The second kappa shape index (κ2) is 7.54. The zero-order chi connectivity index (χ0) is 14.3. The van der Waals surface area contributed by atoms with Gasteiger partial charge in [-0.05, 0) is 0 Å². The summed E-state index contributed by atoms with van der Waals surface area (Å²) in [5.41, 5.74) is 0. The average molecular weight is 260 g/mol. The van der Waals surface area contributed by atoms with Crippen LogP contribution in [0.5, 0.6) is 0 Å². The standard InChI is InChI=1S/C11H16O7/c1-6(12)9(15)4-11(18-8(3)14)10(16)5-17-7(2)13/h10-11,16H,4-5H2,1-3H3/t10-,11+/m1/s1. The maximum absolute atomic E-state index is 11.2. The van der Waals surface area contributed by atoms with Crippen LogP contribution in [-0.2, 0) is 28.7 Å². The first kappa shape index (κ1) is 16.2. The van der Waals surface area contributed by atoms with E-state index in [9.17, 15) is 24.3 Å². The lowest BCUT2D eigenvalue weighted by molar-refractivity contribution is -0.160. The molecule has 0 aliphatic carbocycles. The summed E-state index contributed by atoms with van der Waals surface area (Å²) in [7, 11) is 0. The van der Waals surface area contributed by atoms with E-state index in [1.165, 1.54) is 0 Å². The molecule has 0 rings (SSSR count). The molecule has 0 saturated carbocycles. The van der Waals surface area contributed by atoms with Crippen LogP contribution in [0, 0.1) is 0 Å². The fourth-order valence-corrected chi connectivity index (χ4v) is 1.11. The Balaban J connectivity index is 4.55. The number of rotatable bonds is 7. The van der Waals surface area contributed by atoms with Crippen molar-refractivity contribution in [3.8, 4) is 0 Å². The Morgan fingerprint density at radius 2 is 1.61 bits per heavy atom. The minimum absolute atomic E-state index is 0.418. The predicted octanol–water partition coefficient (Wildman–Crippen LogP) is -0.610. The Labute approximate surface area is 104 Å². The highest BCUT2D eigenvalue weighted by Gasteiger charge is 2.27. The summed E-state index contributed by atoms with van der Waals surface area (Å²) in [6.45, 7) is 2.90. The Kier molecular flexibility index (Phi) is 6.81. The molecule has 0 fully saturated rings. The SMILES string of the molecule is CC(=O)OC[C@@H](O)[C@H](CC(=O)C(C)=O)OC(C)=O. The van der Waals surface area contributed by atoms with Crippen LogP contribution in [0.1, 0.15) is 27.2 Å². The molecule has 0 aromatic rings. The van der Waals surface area contributed by atoms with Gasteiger partial charge < -0.3 is 14.6 Å². The van der Waals surface area contributed by atoms with Crippen molar-refractivity contribution in [3.63, 3.8) is 0 Å². The van der Waals surface area contributed by atoms with Gasteiger partial charge in [-0.15, -0.1) is 0 Å². The van der Waals surface area contributed by atoms with Gasteiger partial charge in [0.25, 0.3) is 0 Å². The average Bonchev–Trinajstić information content (AvgIpc) is 2.23. The molecule has 0 aromatic heterocycles. The fraction of sp³-hybridized carbons (Fsp3) is 0.636. The summed E-state index contributed by atoms with van der Waals surface area (Å²) in [4.78, 5) is 43.4. The summed E-state index contributed by atoms with van der Waals surface area (Å²) in [5.74, 6) is -2.80. The van der Waals surface area contributed by atoms with Crippen molar-refractivity contribution >= 4 is 23.5 Å². The number of carbonyl (C=O) groups is 4. The Morgan fingerprint density at radius 3 is 2.00 bits per heavy atom. The van der Waals surface area contributed by atoms with Crippen molar-refractivity contribution in [1.82, 2.24) is 0 Å². The maximum Gasteiger partial charge on any atom is 0.303 e. The van der Waals surface area contributed by atoms with Crippen molar-refractivity contribution in [1.29, 1.82) is 0 Å². The number of hydrogen-bond donors (Lipinski definition) is 1. The van der Waals surface area contributed by atoms with E-state index in [1.54, 1.807) is 0 Å². The van der Waals surface area contributed by atoms with E-state index in [2.05, 4.69) is 4.74 Å². The van der Waals surface area contributed by atoms with Gasteiger partial charge >= 0.3 is 11.9 Å². The quantitative estimate of drug-likeness (QED) is 0.480. The van der Waals surface area contributed by atoms with Crippen molar-refractivity contribution in [3.05, 3.63) is 0 Å². The van der Waals surface area contributed by atoms with Gasteiger partial charge in [-0.25, -0.2) is 0 Å². The molecule has 1 N–H and O–H groups in total. The smallest absolute Gasteiger partial charge is 0.303 e. The predicted molar refractivity (Wildman–Crippen MR) is 58.5 cm³/mol. The molecule has 102 valence electrons. The first-order chi connectivity index (χ1) is 8.23. The third-order valence-electron chi connectivity index (χ3n) is 1.98. The van der Waals surface area contributed by atoms with E-state index in [4.69, 9.17) is 4.74 Å². The van der Waals surface area contributed by atoms with Gasteiger partial charge in [-0.1, -0.05) is 0 Å². The first-order valence-corrected chi connectivity index (χ1v) is 5.26. The molecular formula is C11H16O7. The molecule has 2 atom stereocenters. The summed E-state index contributed by atoms with van der Waals surface area (Å²) >= 11 is 0. The lowest BCUT2D eigenvalue weighted by Gasteiger charge is -2.21. The number of ketones is 2. The summed E-state index contributed by atoms with van der Waals surface area (Å²) < 4.78 is 9.24. The Hall–Kier alpha value is -1.76. The molecule has 0 aromatic carbocycles. The molecule has 0 amide bonds. The van der Waals surface area contributed by atoms with Crippen LogP contribution in [0.4, 0.5) is 0 Å². The zero-order valence-electron chi connectivity index (χ0n) is 10.5. The van der Waals surface area contributed by atoms with Crippen molar-refractivity contribution in [2.45, 2.75) is 39.4 Å². The zero-order valence-corrected chi connectivity index (χ0v) is 10.5. The Morgan fingerprint density at radius 1 is 1.06 bits per heavy atom. The van der Waals surface area contributed by atoms with E-state index in [0.717, 1.165) is 20.8 Å². The minimum Gasteiger partial charge on any atom is -0.463 e. The molecule has 7 heteroatoms. The van der Waals surface area contributed by atoms with Gasteiger partial charge in [0.2, 0.25) is 5.78 Å². The second-order valence-electron chi connectivity index (χ2n) is 3.70. The molecule has 0 aliphatic heterocycles. The Bertz CT molecular complexity index is 347. The maximum atomic E-state index is 11.2. The molecule has 0 bridgehead atoms. The number of ether oxygens (including phenoxy) is 2. The largest absolute Gasteiger partial charge is 0.463 e. The number of aliphatic hydroxyl groups excluding tert-OH is 1. The van der Waals surface area contributed by atoms with Gasteiger partial charge in [0, 0.05) is 20.8 Å². The monoisotopic (exact) mass is 260 g/mol. The second-order valence-corrected chi connectivity index (χ2v) is 3.70. The molecule has 0 spiro atoms. The molecule has 0 aliphatic rings. The van der Waals surface area contributed by atoms with Gasteiger partial charge in [0.05, 0.1) is 6.42 Å². The van der Waals surface area contributed by atoms with E-state index < -0.39 is 48.7 Å². The van der Waals surface area contributed by atoms with E-state index >= 15 is 0 Å². The van der Waals surface area contributed by atoms with Crippen molar-refractivity contribution in [2.24, 2.45) is 0 Å². The molecule has 7 nitrogen and oxygen atoms in total. The molecular weight excluding hydrogens is 244 g/mol. The summed E-state index contributed by atoms with van der Waals surface area (Å²) in [6.07, 6.45) is -3.02. The van der Waals surface area contributed by atoms with E-state index in [1.807, 2.05) is 0 Å². The number of hydrogen-bond acceptors (Lipinski definition) is 7. The van der Waals surface area contributed by atoms with Gasteiger partial charge in [-0.2, -0.15) is 0 Å². The molecule has 0 saturated heterocycles. The number of aliphatic hydroxyl groups is 1. The lowest BCUT2D eigenvalue weighted by Crippen LogP contribution is -2.37. The molecule has 0 heterocycles. The topological polar surface area (TPSA) is 107 Å². The van der Waals surface area contributed by atoms with Gasteiger partial charge in [-0.3, -0.25) is 19.2 Å². The van der Waals surface area contributed by atoms with Crippen LogP contribution in [0.25, 0.3) is 0 Å². The third kappa shape index (κ3) is 6.74. The fourth-order valence-electron chi connectivity index (χ4n) is 1.11. The first-order valence-electron chi connectivity index (χ1n) is 5.26. The normalized spacial score (nSPS) is 13.3. The molecule has 0 radical (unpaired) electrons. The third-order valence-corrected chi connectivity index (χ3v) is 1.98. The highest BCUT2D eigenvalue weighted by atomic mass is 16.6. The van der Waals surface area contributed by atoms with Crippen LogP contribution >= 0.6 is 0 Å². The van der Waals surface area contributed by atoms with Crippen LogP contribution < -0.4 is 0 Å². The number of carbonyl (C=O) groups excluding carboxylic acids is 4. The summed E-state index contributed by atoms with van der Waals surface area (Å²) in [6, 6.07) is 0. The van der Waals surface area contributed by atoms with Gasteiger partial charge in [0.1, 0.15) is 18.8 Å². The highest BCUT2D eigenvalue weighted by molar-refractivity contribution is 6.36. The van der Waals surface area contributed by atoms with Crippen molar-refractivity contribution < 1.29 is 33.8 Å².